The van der Waals surface area contributed by atoms with Gasteiger partial charge in [0.25, 0.3) is 0 Å². The van der Waals surface area contributed by atoms with E-state index < -0.39 is 16.0 Å². The molecule has 0 aliphatic rings. The van der Waals surface area contributed by atoms with Gasteiger partial charge in [-0.1, -0.05) is 13.8 Å². The third-order valence-electron chi connectivity index (χ3n) is 2.12. The third-order valence-corrected chi connectivity index (χ3v) is 2.59. The lowest BCUT2D eigenvalue weighted by molar-refractivity contribution is -0.0347. The molecule has 0 spiro atoms. The van der Waals surface area contributed by atoms with Crippen LogP contribution in [-0.4, -0.2) is 31.8 Å². The molecule has 0 bridgehead atoms. The highest BCUT2D eigenvalue weighted by Gasteiger charge is 2.19. The minimum atomic E-state index is -4.34. The van der Waals surface area contributed by atoms with Gasteiger partial charge in [-0.25, -0.2) is 4.18 Å². The second kappa shape index (κ2) is 6.54. The van der Waals surface area contributed by atoms with Crippen LogP contribution in [0.5, 0.6) is 0 Å². The van der Waals surface area contributed by atoms with Crippen molar-refractivity contribution in [3.63, 3.8) is 0 Å². The second-order valence-corrected chi connectivity index (χ2v) is 5.88. The predicted octanol–water partition coefficient (Wildman–Crippen LogP) is 2.04. The van der Waals surface area contributed by atoms with E-state index in [0.29, 0.717) is 18.9 Å². The summed E-state index contributed by atoms with van der Waals surface area (Å²) in [7, 11) is -4.34. The molecule has 0 saturated carbocycles. The Morgan fingerprint density at radius 2 is 1.81 bits per heavy atom. The maximum absolute atomic E-state index is 10.3. The summed E-state index contributed by atoms with van der Waals surface area (Å²) in [5, 5.41) is 0. The van der Waals surface area contributed by atoms with Crippen LogP contribution in [0.15, 0.2) is 0 Å². The molecule has 0 amide bonds. The first-order chi connectivity index (χ1) is 7.12. The third kappa shape index (κ3) is 10.4. The lowest BCUT2D eigenvalue weighted by atomic mass is 10.1. The molecule has 0 aromatic rings. The molecule has 0 saturated heterocycles. The number of hydrogen-bond donors (Lipinski definition) is 1. The molecule has 0 aromatic heterocycles. The van der Waals surface area contributed by atoms with Gasteiger partial charge in [-0.2, -0.15) is 8.42 Å². The molecule has 0 radical (unpaired) electrons. The SMILES string of the molecule is CC(C)CCOC(C)(C)CCOS(=O)(=O)O. The summed E-state index contributed by atoms with van der Waals surface area (Å²) in [6.07, 6.45) is 1.37. The summed E-state index contributed by atoms with van der Waals surface area (Å²) in [4.78, 5) is 0. The first-order valence-corrected chi connectivity index (χ1v) is 6.75. The van der Waals surface area contributed by atoms with Crippen molar-refractivity contribution in [2.24, 2.45) is 5.92 Å². The fourth-order valence-electron chi connectivity index (χ4n) is 1.04. The minimum absolute atomic E-state index is 0.0759. The Labute approximate surface area is 98.1 Å². The van der Waals surface area contributed by atoms with E-state index in [9.17, 15) is 8.42 Å². The largest absolute Gasteiger partial charge is 0.397 e. The first kappa shape index (κ1) is 15.8. The molecular weight excluding hydrogens is 232 g/mol. The van der Waals surface area contributed by atoms with Crippen LogP contribution in [0.25, 0.3) is 0 Å². The van der Waals surface area contributed by atoms with Crippen LogP contribution in [0.2, 0.25) is 0 Å². The average Bonchev–Trinajstić information content (AvgIpc) is 1.99. The zero-order chi connectivity index (χ0) is 12.8. The van der Waals surface area contributed by atoms with Gasteiger partial charge in [-0.05, 0) is 26.2 Å². The summed E-state index contributed by atoms with van der Waals surface area (Å²) in [6.45, 7) is 8.50. The predicted molar refractivity (Wildman–Crippen MR) is 61.6 cm³/mol. The quantitative estimate of drug-likeness (QED) is 0.671. The molecule has 0 atom stereocenters. The van der Waals surface area contributed by atoms with Crippen molar-refractivity contribution in [3.8, 4) is 0 Å². The summed E-state index contributed by atoms with van der Waals surface area (Å²) in [6, 6.07) is 0. The Morgan fingerprint density at radius 1 is 1.25 bits per heavy atom. The van der Waals surface area contributed by atoms with E-state index >= 15 is 0 Å². The Kier molecular flexibility index (Phi) is 6.47. The van der Waals surface area contributed by atoms with Gasteiger partial charge in [-0.15, -0.1) is 0 Å². The molecule has 0 aliphatic carbocycles. The van der Waals surface area contributed by atoms with Gasteiger partial charge in [0.1, 0.15) is 0 Å². The van der Waals surface area contributed by atoms with Crippen molar-refractivity contribution in [2.75, 3.05) is 13.2 Å². The van der Waals surface area contributed by atoms with E-state index in [1.165, 1.54) is 0 Å². The van der Waals surface area contributed by atoms with Crippen LogP contribution < -0.4 is 0 Å². The van der Waals surface area contributed by atoms with Gasteiger partial charge in [0, 0.05) is 13.0 Å². The average molecular weight is 254 g/mol. The second-order valence-electron chi connectivity index (χ2n) is 4.79. The maximum Gasteiger partial charge on any atom is 0.397 e. The Bertz CT molecular complexity index is 282. The topological polar surface area (TPSA) is 72.8 Å². The monoisotopic (exact) mass is 254 g/mol. The standard InChI is InChI=1S/C10H22O5S/c1-9(2)5-7-14-10(3,4)6-8-15-16(11,12)13/h9H,5-8H2,1-4H3,(H,11,12,13). The summed E-state index contributed by atoms with van der Waals surface area (Å²) in [5.74, 6) is 0.574. The molecule has 0 fully saturated rings. The molecular formula is C10H22O5S. The highest BCUT2D eigenvalue weighted by atomic mass is 32.3. The minimum Gasteiger partial charge on any atom is -0.375 e. The molecule has 16 heavy (non-hydrogen) atoms. The van der Waals surface area contributed by atoms with E-state index in [-0.39, 0.29) is 6.61 Å². The highest BCUT2D eigenvalue weighted by molar-refractivity contribution is 7.80. The van der Waals surface area contributed by atoms with E-state index in [2.05, 4.69) is 18.0 Å². The van der Waals surface area contributed by atoms with E-state index in [1.807, 2.05) is 13.8 Å². The van der Waals surface area contributed by atoms with Crippen LogP contribution in [0.4, 0.5) is 0 Å². The van der Waals surface area contributed by atoms with E-state index in [4.69, 9.17) is 9.29 Å². The van der Waals surface area contributed by atoms with Crippen molar-refractivity contribution in [1.82, 2.24) is 0 Å². The number of rotatable bonds is 8. The Hall–Kier alpha value is -0.170. The lowest BCUT2D eigenvalue weighted by Gasteiger charge is -2.25. The molecule has 98 valence electrons. The molecule has 1 N–H and O–H groups in total. The summed E-state index contributed by atoms with van der Waals surface area (Å²) in [5.41, 5.74) is -0.445. The molecule has 5 nitrogen and oxygen atoms in total. The zero-order valence-corrected chi connectivity index (χ0v) is 11.2. The fourth-order valence-corrected chi connectivity index (χ4v) is 1.33. The molecule has 0 rings (SSSR count). The van der Waals surface area contributed by atoms with E-state index in [1.54, 1.807) is 0 Å². The van der Waals surface area contributed by atoms with Crippen molar-refractivity contribution < 1.29 is 21.9 Å². The van der Waals surface area contributed by atoms with Crippen LogP contribution in [-0.2, 0) is 19.3 Å². The molecule has 0 unspecified atom stereocenters. The molecule has 0 heterocycles. The van der Waals surface area contributed by atoms with Crippen LogP contribution >= 0.6 is 0 Å². The highest BCUT2D eigenvalue weighted by Crippen LogP contribution is 2.16. The fraction of sp³-hybridized carbons (Fsp3) is 1.00. The van der Waals surface area contributed by atoms with Crippen molar-refractivity contribution in [1.29, 1.82) is 0 Å². The zero-order valence-electron chi connectivity index (χ0n) is 10.4. The van der Waals surface area contributed by atoms with Gasteiger partial charge in [-0.3, -0.25) is 4.55 Å². The van der Waals surface area contributed by atoms with Crippen LogP contribution in [0.1, 0.15) is 40.5 Å². The smallest absolute Gasteiger partial charge is 0.375 e. The molecule has 6 heteroatoms. The normalized spacial score (nSPS) is 13.4. The van der Waals surface area contributed by atoms with Gasteiger partial charge < -0.3 is 4.74 Å². The van der Waals surface area contributed by atoms with Crippen molar-refractivity contribution >= 4 is 10.4 Å². The Balaban J connectivity index is 3.78. The van der Waals surface area contributed by atoms with Crippen LogP contribution in [0, 0.1) is 5.92 Å². The van der Waals surface area contributed by atoms with Gasteiger partial charge >= 0.3 is 10.4 Å². The lowest BCUT2D eigenvalue weighted by Crippen LogP contribution is -2.27. The molecule has 0 aromatic carbocycles. The maximum atomic E-state index is 10.3. The number of ether oxygens (including phenoxy) is 1. The van der Waals surface area contributed by atoms with Crippen LogP contribution in [0.3, 0.4) is 0 Å². The summed E-state index contributed by atoms with van der Waals surface area (Å²) >= 11 is 0. The van der Waals surface area contributed by atoms with Crippen molar-refractivity contribution in [2.45, 2.75) is 46.1 Å². The molecule has 0 aliphatic heterocycles. The van der Waals surface area contributed by atoms with E-state index in [0.717, 1.165) is 6.42 Å². The van der Waals surface area contributed by atoms with Gasteiger partial charge in [0.05, 0.1) is 12.2 Å². The summed E-state index contributed by atoms with van der Waals surface area (Å²) < 4.78 is 38.8. The van der Waals surface area contributed by atoms with Crippen molar-refractivity contribution in [3.05, 3.63) is 0 Å². The Morgan fingerprint density at radius 3 is 2.25 bits per heavy atom. The number of hydrogen-bond acceptors (Lipinski definition) is 4. The first-order valence-electron chi connectivity index (χ1n) is 5.38. The van der Waals surface area contributed by atoms with Gasteiger partial charge in [0.2, 0.25) is 0 Å². The van der Waals surface area contributed by atoms with Gasteiger partial charge in [0.15, 0.2) is 0 Å².